The molecular formula is C18H22BrN2O3+. The molecule has 0 radical (unpaired) electrons. The molecule has 3 aliphatic heterocycles. The zero-order valence-electron chi connectivity index (χ0n) is 13.9. The normalized spacial score (nSPS) is 33.5. The molecule has 0 saturated carbocycles. The highest BCUT2D eigenvalue weighted by Gasteiger charge is 2.67. The van der Waals surface area contributed by atoms with Crippen LogP contribution in [0.15, 0.2) is 16.6 Å². The van der Waals surface area contributed by atoms with Gasteiger partial charge < -0.3 is 15.0 Å². The van der Waals surface area contributed by atoms with Crippen molar-refractivity contribution in [2.45, 2.75) is 44.7 Å². The van der Waals surface area contributed by atoms with Crippen molar-refractivity contribution in [3.63, 3.8) is 0 Å². The molecule has 24 heavy (non-hydrogen) atoms. The van der Waals surface area contributed by atoms with Gasteiger partial charge in [-0.3, -0.25) is 9.59 Å². The van der Waals surface area contributed by atoms with Gasteiger partial charge in [0.2, 0.25) is 5.54 Å². The minimum atomic E-state index is -0.650. The van der Waals surface area contributed by atoms with E-state index in [9.17, 15) is 9.59 Å². The van der Waals surface area contributed by atoms with Gasteiger partial charge in [0, 0.05) is 29.3 Å². The SMILES string of the molecule is CCOC(=O)[C@@H]1C[C@@]2(C(=O)Nc3c(C)cc(Br)cc32)[NH+]2CCC[C@@H]12. The molecule has 6 heteroatoms. The average Bonchev–Trinajstić information content (AvgIpc) is 3.17. The van der Waals surface area contributed by atoms with Gasteiger partial charge in [0.15, 0.2) is 0 Å². The van der Waals surface area contributed by atoms with Crippen LogP contribution in [0.4, 0.5) is 5.69 Å². The van der Waals surface area contributed by atoms with Crippen LogP contribution in [-0.4, -0.2) is 31.1 Å². The molecule has 1 aromatic carbocycles. The quantitative estimate of drug-likeness (QED) is 0.749. The number of benzene rings is 1. The van der Waals surface area contributed by atoms with Crippen molar-refractivity contribution in [3.05, 3.63) is 27.7 Å². The Bertz CT molecular complexity index is 735. The molecule has 4 rings (SSSR count). The lowest BCUT2D eigenvalue weighted by atomic mass is 9.84. The van der Waals surface area contributed by atoms with E-state index in [1.165, 1.54) is 4.90 Å². The Kier molecular flexibility index (Phi) is 3.73. The first-order valence-corrected chi connectivity index (χ1v) is 9.43. The Hall–Kier alpha value is -1.40. The summed E-state index contributed by atoms with van der Waals surface area (Å²) in [7, 11) is 0. The van der Waals surface area contributed by atoms with Crippen LogP contribution >= 0.6 is 15.9 Å². The standard InChI is InChI=1S/C18H21BrN2O3/c1-3-24-16(22)12-9-18(21-6-4-5-14(12)21)13-8-11(19)7-10(2)15(13)20-17(18)23/h7-8,12,14H,3-6,9H2,1-2H3,(H,20,23)/p+1/t12-,14+,18-/m1/s1. The molecule has 1 amide bonds. The summed E-state index contributed by atoms with van der Waals surface area (Å²) in [5, 5.41) is 3.10. The van der Waals surface area contributed by atoms with Gasteiger partial charge in [-0.15, -0.1) is 0 Å². The first-order chi connectivity index (χ1) is 11.5. The van der Waals surface area contributed by atoms with Crippen LogP contribution in [0.5, 0.6) is 0 Å². The molecule has 1 aromatic rings. The van der Waals surface area contributed by atoms with Crippen molar-refractivity contribution >= 4 is 33.5 Å². The number of fused-ring (bicyclic) bond motifs is 4. The molecule has 1 unspecified atom stereocenters. The lowest BCUT2D eigenvalue weighted by Gasteiger charge is -2.29. The van der Waals surface area contributed by atoms with E-state index in [1.807, 2.05) is 19.9 Å². The van der Waals surface area contributed by atoms with E-state index >= 15 is 0 Å². The highest BCUT2D eigenvalue weighted by atomic mass is 79.9. The van der Waals surface area contributed by atoms with Crippen LogP contribution in [-0.2, 0) is 19.9 Å². The third-order valence-corrected chi connectivity index (χ3v) is 6.40. The number of nitrogens with one attached hydrogen (secondary N) is 2. The molecular weight excluding hydrogens is 372 g/mol. The van der Waals surface area contributed by atoms with Gasteiger partial charge in [0.05, 0.1) is 18.8 Å². The highest BCUT2D eigenvalue weighted by molar-refractivity contribution is 9.10. The summed E-state index contributed by atoms with van der Waals surface area (Å²) in [5.74, 6) is -0.308. The molecule has 1 spiro atoms. The number of hydrogen-bond acceptors (Lipinski definition) is 3. The molecule has 2 fully saturated rings. The van der Waals surface area contributed by atoms with Crippen molar-refractivity contribution in [2.75, 3.05) is 18.5 Å². The third-order valence-electron chi connectivity index (χ3n) is 5.94. The fourth-order valence-corrected chi connectivity index (χ4v) is 5.63. The summed E-state index contributed by atoms with van der Waals surface area (Å²) in [6, 6.07) is 4.25. The minimum absolute atomic E-state index is 0.0346. The second-order valence-corrected chi connectivity index (χ2v) is 8.01. The van der Waals surface area contributed by atoms with Crippen molar-refractivity contribution in [1.29, 1.82) is 0 Å². The van der Waals surface area contributed by atoms with Gasteiger partial charge in [-0.1, -0.05) is 15.9 Å². The lowest BCUT2D eigenvalue weighted by molar-refractivity contribution is -0.947. The largest absolute Gasteiger partial charge is 0.466 e. The number of quaternary nitrogens is 1. The molecule has 4 atom stereocenters. The second-order valence-electron chi connectivity index (χ2n) is 7.09. The van der Waals surface area contributed by atoms with Crippen molar-refractivity contribution < 1.29 is 19.2 Å². The van der Waals surface area contributed by atoms with Crippen molar-refractivity contribution in [1.82, 2.24) is 0 Å². The van der Waals surface area contributed by atoms with Gasteiger partial charge in [-0.05, 0) is 31.5 Å². The number of halogens is 1. The maximum atomic E-state index is 13.1. The Morgan fingerprint density at radius 2 is 2.29 bits per heavy atom. The van der Waals surface area contributed by atoms with Crippen LogP contribution in [0.3, 0.4) is 0 Å². The van der Waals surface area contributed by atoms with E-state index in [0.717, 1.165) is 40.7 Å². The fraction of sp³-hybridized carbons (Fsp3) is 0.556. The minimum Gasteiger partial charge on any atom is -0.466 e. The van der Waals surface area contributed by atoms with Crippen LogP contribution in [0.25, 0.3) is 0 Å². The van der Waals surface area contributed by atoms with Crippen LogP contribution < -0.4 is 10.2 Å². The first-order valence-electron chi connectivity index (χ1n) is 8.64. The summed E-state index contributed by atoms with van der Waals surface area (Å²) in [6.45, 7) is 5.16. The monoisotopic (exact) mass is 393 g/mol. The van der Waals surface area contributed by atoms with Crippen LogP contribution in [0.1, 0.15) is 37.3 Å². The number of hydrogen-bond donors (Lipinski definition) is 2. The Labute approximate surface area is 149 Å². The molecule has 2 N–H and O–H groups in total. The molecule has 3 heterocycles. The number of carbonyl (C=O) groups excluding carboxylic acids is 2. The first kappa shape index (κ1) is 16.1. The predicted octanol–water partition coefficient (Wildman–Crippen LogP) is 1.54. The van der Waals surface area contributed by atoms with Crippen molar-refractivity contribution in [3.8, 4) is 0 Å². The number of ether oxygens (including phenoxy) is 1. The van der Waals surface area contributed by atoms with Crippen molar-refractivity contribution in [2.24, 2.45) is 5.92 Å². The van der Waals surface area contributed by atoms with E-state index < -0.39 is 5.54 Å². The molecule has 5 nitrogen and oxygen atoms in total. The van der Waals surface area contributed by atoms with Crippen LogP contribution in [0.2, 0.25) is 0 Å². The summed E-state index contributed by atoms with van der Waals surface area (Å²) >= 11 is 3.57. The second kappa shape index (κ2) is 5.56. The lowest BCUT2D eigenvalue weighted by Crippen LogP contribution is -3.19. The summed E-state index contributed by atoms with van der Waals surface area (Å²) in [6.07, 6.45) is 2.57. The number of esters is 1. The molecule has 0 bridgehead atoms. The number of amides is 1. The van der Waals surface area contributed by atoms with Crippen LogP contribution in [0, 0.1) is 12.8 Å². The Morgan fingerprint density at radius 3 is 3.04 bits per heavy atom. The van der Waals surface area contributed by atoms with E-state index in [1.54, 1.807) is 0 Å². The Morgan fingerprint density at radius 1 is 1.50 bits per heavy atom. The highest BCUT2D eigenvalue weighted by Crippen LogP contribution is 2.46. The molecule has 2 saturated heterocycles. The predicted molar refractivity (Wildman–Crippen MR) is 92.8 cm³/mol. The Balaban J connectivity index is 1.84. The summed E-state index contributed by atoms with van der Waals surface area (Å²) in [4.78, 5) is 26.8. The molecule has 128 valence electrons. The maximum Gasteiger partial charge on any atom is 0.315 e. The van der Waals surface area contributed by atoms with E-state index in [0.29, 0.717) is 13.0 Å². The summed E-state index contributed by atoms with van der Waals surface area (Å²) in [5.41, 5.74) is 2.36. The summed E-state index contributed by atoms with van der Waals surface area (Å²) < 4.78 is 6.29. The average molecular weight is 394 g/mol. The van der Waals surface area contributed by atoms with E-state index in [2.05, 4.69) is 27.3 Å². The topological polar surface area (TPSA) is 59.8 Å². The van der Waals surface area contributed by atoms with E-state index in [-0.39, 0.29) is 23.8 Å². The van der Waals surface area contributed by atoms with Gasteiger partial charge in [0.1, 0.15) is 12.0 Å². The van der Waals surface area contributed by atoms with Gasteiger partial charge >= 0.3 is 5.97 Å². The number of aryl methyl sites for hydroxylation is 1. The number of anilines is 1. The molecule has 0 aromatic heterocycles. The zero-order chi connectivity index (χ0) is 17.1. The van der Waals surface area contributed by atoms with Gasteiger partial charge in [-0.25, -0.2) is 0 Å². The number of carbonyl (C=O) groups is 2. The smallest absolute Gasteiger partial charge is 0.315 e. The van der Waals surface area contributed by atoms with E-state index in [4.69, 9.17) is 4.74 Å². The maximum absolute atomic E-state index is 13.1. The third kappa shape index (κ3) is 2.02. The zero-order valence-corrected chi connectivity index (χ0v) is 15.5. The number of rotatable bonds is 2. The van der Waals surface area contributed by atoms with Gasteiger partial charge in [0.25, 0.3) is 5.91 Å². The molecule has 3 aliphatic rings. The fourth-order valence-electron chi connectivity index (χ4n) is 5.06. The molecule has 0 aliphatic carbocycles. The van der Waals surface area contributed by atoms with Gasteiger partial charge in [-0.2, -0.15) is 0 Å².